The summed E-state index contributed by atoms with van der Waals surface area (Å²) in [6.45, 7) is 4.42. The van der Waals surface area contributed by atoms with Crippen molar-refractivity contribution < 1.29 is 0 Å². The van der Waals surface area contributed by atoms with E-state index in [1.54, 1.807) is 0 Å². The third-order valence-electron chi connectivity index (χ3n) is 1.51. The number of nitrogens with one attached hydrogen (secondary N) is 1. The van der Waals surface area contributed by atoms with E-state index in [1.807, 2.05) is 0 Å². The maximum Gasteiger partial charge on any atom is 0.0389 e. The summed E-state index contributed by atoms with van der Waals surface area (Å²) in [5, 5.41) is 3.30. The van der Waals surface area contributed by atoms with Gasteiger partial charge in [0.2, 0.25) is 0 Å². The first-order valence-corrected chi connectivity index (χ1v) is 4.32. The fraction of sp³-hybridized carbons (Fsp3) is 1.00. The van der Waals surface area contributed by atoms with E-state index in [1.165, 1.54) is 19.3 Å². The minimum Gasteiger partial charge on any atom is -0.305 e. The van der Waals surface area contributed by atoms with E-state index in [9.17, 15) is 0 Å². The molecule has 0 fully saturated rings. The van der Waals surface area contributed by atoms with Crippen molar-refractivity contribution in [2.45, 2.75) is 39.2 Å². The second-order valence-corrected chi connectivity index (χ2v) is 2.57. The molecule has 1 unspecified atom stereocenters. The van der Waals surface area contributed by atoms with Gasteiger partial charge in [0.15, 0.2) is 0 Å². The van der Waals surface area contributed by atoms with Crippen LogP contribution in [0, 0.1) is 0 Å². The van der Waals surface area contributed by atoms with Crippen molar-refractivity contribution in [3.8, 4) is 0 Å². The Morgan fingerprint density at radius 3 is 2.44 bits per heavy atom. The Hall–Kier alpha value is 0.310. The molecule has 1 N–H and O–H groups in total. The average Bonchev–Trinajstić information content (AvgIpc) is 1.88. The maximum atomic E-state index is 4.10. The molecule has 0 heterocycles. The van der Waals surface area contributed by atoms with Crippen LogP contribution in [-0.4, -0.2) is 11.9 Å². The van der Waals surface area contributed by atoms with Gasteiger partial charge in [-0.2, -0.15) is 12.6 Å². The minimum atomic E-state index is 0.687. The van der Waals surface area contributed by atoms with E-state index in [0.717, 1.165) is 5.88 Å². The molecule has 56 valence electrons. The molecule has 2 heteroatoms. The summed E-state index contributed by atoms with van der Waals surface area (Å²) >= 11 is 4.10. The SMILES string of the molecule is CCCC(CC)NCS. The third kappa shape index (κ3) is 4.79. The molecule has 0 aromatic carbocycles. The molecule has 0 saturated carbocycles. The van der Waals surface area contributed by atoms with Gasteiger partial charge in [0.1, 0.15) is 0 Å². The Balaban J connectivity index is 3.18. The molecule has 0 aliphatic heterocycles. The molecule has 0 spiro atoms. The molecule has 0 aromatic heterocycles. The Bertz CT molecular complexity index is 50.9. The van der Waals surface area contributed by atoms with Crippen LogP contribution in [0.5, 0.6) is 0 Å². The molecule has 1 nitrogen and oxygen atoms in total. The van der Waals surface area contributed by atoms with E-state index < -0.39 is 0 Å². The van der Waals surface area contributed by atoms with Crippen LogP contribution < -0.4 is 5.32 Å². The van der Waals surface area contributed by atoms with Crippen molar-refractivity contribution in [1.82, 2.24) is 5.32 Å². The van der Waals surface area contributed by atoms with E-state index >= 15 is 0 Å². The van der Waals surface area contributed by atoms with Crippen LogP contribution in [0.15, 0.2) is 0 Å². The second-order valence-electron chi connectivity index (χ2n) is 2.26. The molecule has 0 amide bonds. The number of thiol groups is 1. The number of rotatable bonds is 5. The van der Waals surface area contributed by atoms with Crippen LogP contribution >= 0.6 is 12.6 Å². The molecule has 0 saturated heterocycles. The highest BCUT2D eigenvalue weighted by Crippen LogP contribution is 1.99. The lowest BCUT2D eigenvalue weighted by Crippen LogP contribution is -2.26. The first-order chi connectivity index (χ1) is 4.35. The zero-order valence-electron chi connectivity index (χ0n) is 6.35. The van der Waals surface area contributed by atoms with Crippen LogP contribution in [0.3, 0.4) is 0 Å². The average molecular weight is 147 g/mol. The van der Waals surface area contributed by atoms with Crippen LogP contribution in [0.25, 0.3) is 0 Å². The van der Waals surface area contributed by atoms with Gasteiger partial charge in [0.25, 0.3) is 0 Å². The predicted octanol–water partition coefficient (Wildman–Crippen LogP) is 2.04. The molecule has 0 aliphatic carbocycles. The summed E-state index contributed by atoms with van der Waals surface area (Å²) in [5.41, 5.74) is 0. The van der Waals surface area contributed by atoms with E-state index in [-0.39, 0.29) is 0 Å². The molecule has 0 aromatic rings. The highest BCUT2D eigenvalue weighted by Gasteiger charge is 2.00. The Kier molecular flexibility index (Phi) is 6.65. The Labute approximate surface area is 63.6 Å². The quantitative estimate of drug-likeness (QED) is 0.448. The molecular formula is C7H17NS. The molecule has 0 rings (SSSR count). The number of hydrogen-bond acceptors (Lipinski definition) is 2. The van der Waals surface area contributed by atoms with Crippen molar-refractivity contribution in [2.24, 2.45) is 0 Å². The lowest BCUT2D eigenvalue weighted by molar-refractivity contribution is 0.496. The fourth-order valence-electron chi connectivity index (χ4n) is 0.928. The van der Waals surface area contributed by atoms with Gasteiger partial charge in [-0.3, -0.25) is 0 Å². The Morgan fingerprint density at radius 2 is 2.11 bits per heavy atom. The van der Waals surface area contributed by atoms with Crippen molar-refractivity contribution >= 4 is 12.6 Å². The van der Waals surface area contributed by atoms with Gasteiger partial charge in [-0.15, -0.1) is 0 Å². The van der Waals surface area contributed by atoms with Crippen LogP contribution in [-0.2, 0) is 0 Å². The lowest BCUT2D eigenvalue weighted by atomic mass is 10.1. The van der Waals surface area contributed by atoms with Gasteiger partial charge in [-0.1, -0.05) is 20.3 Å². The second kappa shape index (κ2) is 6.43. The number of hydrogen-bond donors (Lipinski definition) is 2. The summed E-state index contributed by atoms with van der Waals surface area (Å²) in [5.74, 6) is 0.804. The van der Waals surface area contributed by atoms with Gasteiger partial charge in [0, 0.05) is 11.9 Å². The minimum absolute atomic E-state index is 0.687. The van der Waals surface area contributed by atoms with E-state index in [0.29, 0.717) is 6.04 Å². The van der Waals surface area contributed by atoms with Crippen LogP contribution in [0.2, 0.25) is 0 Å². The first-order valence-electron chi connectivity index (χ1n) is 3.69. The standard InChI is InChI=1S/C7H17NS/c1-3-5-7(4-2)8-6-9/h7-9H,3-6H2,1-2H3. The summed E-state index contributed by atoms with van der Waals surface area (Å²) in [7, 11) is 0. The van der Waals surface area contributed by atoms with Gasteiger partial charge in [-0.25, -0.2) is 0 Å². The highest BCUT2D eigenvalue weighted by molar-refractivity contribution is 7.80. The summed E-state index contributed by atoms with van der Waals surface area (Å²) in [6, 6.07) is 0.687. The van der Waals surface area contributed by atoms with Crippen molar-refractivity contribution in [1.29, 1.82) is 0 Å². The third-order valence-corrected chi connectivity index (χ3v) is 1.69. The van der Waals surface area contributed by atoms with Gasteiger partial charge in [-0.05, 0) is 12.8 Å². The zero-order chi connectivity index (χ0) is 7.11. The van der Waals surface area contributed by atoms with Crippen LogP contribution in [0.1, 0.15) is 33.1 Å². The fourth-order valence-corrected chi connectivity index (χ4v) is 1.19. The highest BCUT2D eigenvalue weighted by atomic mass is 32.1. The normalized spacial score (nSPS) is 13.7. The van der Waals surface area contributed by atoms with E-state index in [2.05, 4.69) is 31.8 Å². The smallest absolute Gasteiger partial charge is 0.0389 e. The monoisotopic (exact) mass is 147 g/mol. The molecular weight excluding hydrogens is 130 g/mol. The van der Waals surface area contributed by atoms with Crippen molar-refractivity contribution in [2.75, 3.05) is 5.88 Å². The Morgan fingerprint density at radius 1 is 1.44 bits per heavy atom. The summed E-state index contributed by atoms with van der Waals surface area (Å²) in [6.07, 6.45) is 3.75. The van der Waals surface area contributed by atoms with Gasteiger partial charge >= 0.3 is 0 Å². The van der Waals surface area contributed by atoms with Crippen LogP contribution in [0.4, 0.5) is 0 Å². The maximum absolute atomic E-state index is 4.10. The molecule has 9 heavy (non-hydrogen) atoms. The van der Waals surface area contributed by atoms with E-state index in [4.69, 9.17) is 0 Å². The topological polar surface area (TPSA) is 12.0 Å². The molecule has 0 bridgehead atoms. The molecule has 1 atom stereocenters. The predicted molar refractivity (Wildman–Crippen MR) is 46.0 cm³/mol. The van der Waals surface area contributed by atoms with Crippen molar-refractivity contribution in [3.05, 3.63) is 0 Å². The molecule has 0 radical (unpaired) electrons. The molecule has 0 aliphatic rings. The van der Waals surface area contributed by atoms with Gasteiger partial charge < -0.3 is 5.32 Å². The lowest BCUT2D eigenvalue weighted by Gasteiger charge is -2.12. The largest absolute Gasteiger partial charge is 0.305 e. The van der Waals surface area contributed by atoms with Crippen molar-refractivity contribution in [3.63, 3.8) is 0 Å². The van der Waals surface area contributed by atoms with Gasteiger partial charge in [0.05, 0.1) is 0 Å². The summed E-state index contributed by atoms with van der Waals surface area (Å²) < 4.78 is 0. The summed E-state index contributed by atoms with van der Waals surface area (Å²) in [4.78, 5) is 0. The zero-order valence-corrected chi connectivity index (χ0v) is 7.25. The first kappa shape index (κ1) is 9.31.